The van der Waals surface area contributed by atoms with Crippen LogP contribution in [0.4, 0.5) is 0 Å². The molecule has 1 aromatic rings. The number of benzene rings is 1. The Kier molecular flexibility index (Phi) is 4.84. The molecule has 1 fully saturated rings. The number of sulfonamides is 1. The predicted octanol–water partition coefficient (Wildman–Crippen LogP) is 2.14. The van der Waals surface area contributed by atoms with Crippen molar-refractivity contribution in [1.29, 1.82) is 0 Å². The summed E-state index contributed by atoms with van der Waals surface area (Å²) in [5.74, 6) is 0.346. The van der Waals surface area contributed by atoms with E-state index in [1.807, 2.05) is 0 Å². The first-order valence-corrected chi connectivity index (χ1v) is 8.37. The molecule has 0 heterocycles. The Morgan fingerprint density at radius 1 is 1.37 bits per heavy atom. The maximum atomic E-state index is 12.3. The highest BCUT2D eigenvalue weighted by Crippen LogP contribution is 2.28. The van der Waals surface area contributed by atoms with E-state index in [2.05, 4.69) is 4.72 Å². The van der Waals surface area contributed by atoms with Crippen LogP contribution in [0.2, 0.25) is 5.02 Å². The van der Waals surface area contributed by atoms with Gasteiger partial charge in [-0.15, -0.1) is 0 Å². The summed E-state index contributed by atoms with van der Waals surface area (Å²) in [7, 11) is -3.55. The Bertz CT molecular complexity index is 527. The van der Waals surface area contributed by atoms with Crippen LogP contribution in [0.5, 0.6) is 0 Å². The molecule has 0 amide bonds. The third-order valence-corrected chi connectivity index (χ3v) is 5.36. The van der Waals surface area contributed by atoms with Crippen LogP contribution in [0.3, 0.4) is 0 Å². The van der Waals surface area contributed by atoms with Gasteiger partial charge in [0, 0.05) is 17.6 Å². The summed E-state index contributed by atoms with van der Waals surface area (Å²) in [4.78, 5) is 0.191. The van der Waals surface area contributed by atoms with E-state index in [-0.39, 0.29) is 10.9 Å². The zero-order valence-corrected chi connectivity index (χ0v) is 12.3. The maximum absolute atomic E-state index is 12.3. The van der Waals surface area contributed by atoms with E-state index < -0.39 is 10.0 Å². The minimum Gasteiger partial charge on any atom is -0.329 e. The number of rotatable bonds is 5. The minimum atomic E-state index is -3.55. The lowest BCUT2D eigenvalue weighted by molar-refractivity contribution is 0.405. The van der Waals surface area contributed by atoms with Crippen molar-refractivity contribution in [2.24, 2.45) is 11.7 Å². The SMILES string of the molecule is NCC(NS(=O)(=O)c1cccc(Cl)c1)C1CCCC1. The second-order valence-electron chi connectivity index (χ2n) is 4.97. The number of hydrogen-bond acceptors (Lipinski definition) is 3. The molecule has 1 aromatic carbocycles. The van der Waals surface area contributed by atoms with Gasteiger partial charge in [0.15, 0.2) is 0 Å². The fraction of sp³-hybridized carbons (Fsp3) is 0.538. The molecular formula is C13H19ClN2O2S. The van der Waals surface area contributed by atoms with E-state index in [1.165, 1.54) is 12.1 Å². The number of nitrogens with two attached hydrogens (primary N) is 1. The monoisotopic (exact) mass is 302 g/mol. The molecule has 19 heavy (non-hydrogen) atoms. The lowest BCUT2D eigenvalue weighted by Crippen LogP contribution is -2.44. The topological polar surface area (TPSA) is 72.2 Å². The molecule has 1 unspecified atom stereocenters. The fourth-order valence-electron chi connectivity index (χ4n) is 2.60. The molecule has 1 saturated carbocycles. The van der Waals surface area contributed by atoms with Crippen molar-refractivity contribution in [3.05, 3.63) is 29.3 Å². The summed E-state index contributed by atoms with van der Waals surface area (Å²) in [5, 5.41) is 0.410. The zero-order chi connectivity index (χ0) is 13.9. The molecule has 0 bridgehead atoms. The molecule has 0 saturated heterocycles. The number of halogens is 1. The molecule has 2 rings (SSSR count). The highest BCUT2D eigenvalue weighted by Gasteiger charge is 2.28. The summed E-state index contributed by atoms with van der Waals surface area (Å²) in [6.45, 7) is 0.324. The van der Waals surface area contributed by atoms with E-state index in [4.69, 9.17) is 17.3 Å². The Labute approximate surface area is 119 Å². The van der Waals surface area contributed by atoms with Crippen molar-refractivity contribution in [1.82, 2.24) is 4.72 Å². The molecular weight excluding hydrogens is 284 g/mol. The molecule has 0 aromatic heterocycles. The minimum absolute atomic E-state index is 0.188. The highest BCUT2D eigenvalue weighted by molar-refractivity contribution is 7.89. The Morgan fingerprint density at radius 3 is 2.63 bits per heavy atom. The molecule has 3 N–H and O–H groups in total. The van der Waals surface area contributed by atoms with Gasteiger partial charge in [0.05, 0.1) is 4.90 Å². The lowest BCUT2D eigenvalue weighted by atomic mass is 9.99. The van der Waals surface area contributed by atoms with E-state index in [9.17, 15) is 8.42 Å². The quantitative estimate of drug-likeness (QED) is 0.875. The number of nitrogens with one attached hydrogen (secondary N) is 1. The van der Waals surface area contributed by atoms with Gasteiger partial charge >= 0.3 is 0 Å². The summed E-state index contributed by atoms with van der Waals surface area (Å²) in [6, 6.07) is 6.08. The van der Waals surface area contributed by atoms with Crippen LogP contribution in [-0.4, -0.2) is 21.0 Å². The van der Waals surface area contributed by atoms with E-state index in [1.54, 1.807) is 12.1 Å². The normalized spacial score (nSPS) is 18.6. The second-order valence-corrected chi connectivity index (χ2v) is 7.12. The van der Waals surface area contributed by atoms with Crippen LogP contribution >= 0.6 is 11.6 Å². The van der Waals surface area contributed by atoms with Gasteiger partial charge in [-0.2, -0.15) is 0 Å². The van der Waals surface area contributed by atoms with Gasteiger partial charge in [0.2, 0.25) is 10.0 Å². The molecule has 106 valence electrons. The molecule has 0 radical (unpaired) electrons. The van der Waals surface area contributed by atoms with Gasteiger partial charge in [0.25, 0.3) is 0 Å². The summed E-state index contributed by atoms with van der Waals surface area (Å²) < 4.78 is 27.3. The summed E-state index contributed by atoms with van der Waals surface area (Å²) in [5.41, 5.74) is 5.71. The highest BCUT2D eigenvalue weighted by atomic mass is 35.5. The van der Waals surface area contributed by atoms with Gasteiger partial charge in [-0.25, -0.2) is 13.1 Å². The molecule has 1 atom stereocenters. The Hall–Kier alpha value is -0.620. The fourth-order valence-corrected chi connectivity index (χ4v) is 4.22. The van der Waals surface area contributed by atoms with E-state index >= 15 is 0 Å². The first kappa shape index (κ1) is 14.8. The first-order chi connectivity index (χ1) is 9.03. The van der Waals surface area contributed by atoms with Crippen LogP contribution in [0.1, 0.15) is 25.7 Å². The standard InChI is InChI=1S/C13H19ClN2O2S/c14-11-6-3-7-12(8-11)19(17,18)16-13(9-15)10-4-1-2-5-10/h3,6-8,10,13,16H,1-2,4-5,9,15H2. The smallest absolute Gasteiger partial charge is 0.240 e. The van der Waals surface area contributed by atoms with Crippen molar-refractivity contribution in [2.45, 2.75) is 36.6 Å². The average molecular weight is 303 g/mol. The molecule has 6 heteroatoms. The van der Waals surface area contributed by atoms with E-state index in [0.717, 1.165) is 25.7 Å². The lowest BCUT2D eigenvalue weighted by Gasteiger charge is -2.23. The molecule has 1 aliphatic carbocycles. The zero-order valence-electron chi connectivity index (χ0n) is 10.7. The third-order valence-electron chi connectivity index (χ3n) is 3.64. The van der Waals surface area contributed by atoms with Crippen molar-refractivity contribution < 1.29 is 8.42 Å². The van der Waals surface area contributed by atoms with E-state index in [0.29, 0.717) is 17.5 Å². The van der Waals surface area contributed by atoms with Gasteiger partial charge in [0.1, 0.15) is 0 Å². The predicted molar refractivity (Wildman–Crippen MR) is 76.6 cm³/mol. The third kappa shape index (κ3) is 3.69. The van der Waals surface area contributed by atoms with Gasteiger partial charge < -0.3 is 5.73 Å². The summed E-state index contributed by atoms with van der Waals surface area (Å²) >= 11 is 5.83. The van der Waals surface area contributed by atoms with Crippen LogP contribution in [0.25, 0.3) is 0 Å². The van der Waals surface area contributed by atoms with Gasteiger partial charge in [-0.1, -0.05) is 30.5 Å². The van der Waals surface area contributed by atoms with Crippen LogP contribution in [-0.2, 0) is 10.0 Å². The van der Waals surface area contributed by atoms with Crippen molar-refractivity contribution in [2.75, 3.05) is 6.54 Å². The Morgan fingerprint density at radius 2 is 2.05 bits per heavy atom. The second kappa shape index (κ2) is 6.22. The maximum Gasteiger partial charge on any atom is 0.240 e. The van der Waals surface area contributed by atoms with Crippen LogP contribution in [0.15, 0.2) is 29.2 Å². The molecule has 4 nitrogen and oxygen atoms in total. The van der Waals surface area contributed by atoms with Gasteiger partial charge in [-0.3, -0.25) is 0 Å². The largest absolute Gasteiger partial charge is 0.329 e. The first-order valence-electron chi connectivity index (χ1n) is 6.51. The molecule has 0 aliphatic heterocycles. The van der Waals surface area contributed by atoms with Crippen molar-refractivity contribution in [3.63, 3.8) is 0 Å². The van der Waals surface area contributed by atoms with Crippen LogP contribution in [0, 0.1) is 5.92 Å². The summed E-state index contributed by atoms with van der Waals surface area (Å²) in [6.07, 6.45) is 4.39. The molecule has 1 aliphatic rings. The van der Waals surface area contributed by atoms with Crippen molar-refractivity contribution >= 4 is 21.6 Å². The molecule has 0 spiro atoms. The van der Waals surface area contributed by atoms with Gasteiger partial charge in [-0.05, 0) is 37.0 Å². The van der Waals surface area contributed by atoms with Crippen molar-refractivity contribution in [3.8, 4) is 0 Å². The van der Waals surface area contributed by atoms with Crippen LogP contribution < -0.4 is 10.5 Å². The number of hydrogen-bond donors (Lipinski definition) is 2. The average Bonchev–Trinajstić information content (AvgIpc) is 2.90. The Balaban J connectivity index is 2.15.